The fourth-order valence-corrected chi connectivity index (χ4v) is 1.91. The van der Waals surface area contributed by atoms with Gasteiger partial charge in [-0.15, -0.1) is 0 Å². The smallest absolute Gasteiger partial charge is 0.339 e. The van der Waals surface area contributed by atoms with E-state index in [0.717, 1.165) is 0 Å². The van der Waals surface area contributed by atoms with Gasteiger partial charge in [0.1, 0.15) is 16.5 Å². The SMILES string of the molecule is O=C(O)c1ccc(Cl)nc1Nc1cc(Cl)ccc1Cl. The summed E-state index contributed by atoms with van der Waals surface area (Å²) in [7, 11) is 0. The third kappa shape index (κ3) is 3.29. The van der Waals surface area contributed by atoms with Crippen LogP contribution in [0.2, 0.25) is 15.2 Å². The summed E-state index contributed by atoms with van der Waals surface area (Å²) in [5.41, 5.74) is 0.437. The molecule has 2 aromatic rings. The highest BCUT2D eigenvalue weighted by Gasteiger charge is 2.13. The fraction of sp³-hybridized carbons (Fsp3) is 0. The molecule has 0 atom stereocenters. The van der Waals surface area contributed by atoms with Crippen molar-refractivity contribution in [3.8, 4) is 0 Å². The molecule has 0 saturated carbocycles. The first-order valence-corrected chi connectivity index (χ1v) is 6.22. The summed E-state index contributed by atoms with van der Waals surface area (Å²) in [6, 6.07) is 7.54. The standard InChI is InChI=1S/C12H7Cl3N2O2/c13-6-1-3-8(14)9(5-6)16-11-7(12(18)19)2-4-10(15)17-11/h1-5H,(H,16,17)(H,18,19). The zero-order valence-electron chi connectivity index (χ0n) is 9.32. The maximum absolute atomic E-state index is 11.1. The van der Waals surface area contributed by atoms with Crippen LogP contribution in [0, 0.1) is 0 Å². The highest BCUT2D eigenvalue weighted by molar-refractivity contribution is 6.35. The number of hydrogen-bond donors (Lipinski definition) is 2. The molecule has 1 heterocycles. The van der Waals surface area contributed by atoms with Crippen molar-refractivity contribution in [2.24, 2.45) is 0 Å². The Bertz CT molecular complexity index is 647. The van der Waals surface area contributed by atoms with Gasteiger partial charge in [0.2, 0.25) is 0 Å². The average Bonchev–Trinajstić information content (AvgIpc) is 2.33. The van der Waals surface area contributed by atoms with Crippen LogP contribution in [0.4, 0.5) is 11.5 Å². The molecule has 0 spiro atoms. The first kappa shape index (κ1) is 13.9. The van der Waals surface area contributed by atoms with Crippen molar-refractivity contribution in [3.63, 3.8) is 0 Å². The molecular weight excluding hydrogens is 311 g/mol. The molecule has 19 heavy (non-hydrogen) atoms. The van der Waals surface area contributed by atoms with Crippen LogP contribution in [0.15, 0.2) is 30.3 Å². The van der Waals surface area contributed by atoms with Gasteiger partial charge in [-0.05, 0) is 30.3 Å². The molecule has 1 aromatic carbocycles. The Kier molecular flexibility index (Phi) is 4.14. The number of nitrogens with one attached hydrogen (secondary N) is 1. The zero-order chi connectivity index (χ0) is 14.0. The summed E-state index contributed by atoms with van der Waals surface area (Å²) in [6.07, 6.45) is 0. The van der Waals surface area contributed by atoms with E-state index in [1.807, 2.05) is 0 Å². The molecule has 7 heteroatoms. The maximum Gasteiger partial charge on any atom is 0.339 e. The summed E-state index contributed by atoms with van der Waals surface area (Å²) in [4.78, 5) is 15.0. The molecule has 0 aliphatic carbocycles. The molecule has 98 valence electrons. The van der Waals surface area contributed by atoms with Crippen LogP contribution in [0.5, 0.6) is 0 Å². The molecule has 0 fully saturated rings. The Balaban J connectivity index is 2.45. The minimum absolute atomic E-state index is 0.0135. The molecule has 0 amide bonds. The number of hydrogen-bond acceptors (Lipinski definition) is 3. The number of halogens is 3. The van der Waals surface area contributed by atoms with Gasteiger partial charge in [0.25, 0.3) is 0 Å². The molecule has 2 N–H and O–H groups in total. The Morgan fingerprint density at radius 2 is 1.89 bits per heavy atom. The van der Waals surface area contributed by atoms with Crippen LogP contribution in [0.3, 0.4) is 0 Å². The van der Waals surface area contributed by atoms with Crippen LogP contribution in [0.25, 0.3) is 0 Å². The normalized spacial score (nSPS) is 10.3. The molecule has 0 aliphatic heterocycles. The predicted molar refractivity (Wildman–Crippen MR) is 76.0 cm³/mol. The molecule has 4 nitrogen and oxygen atoms in total. The van der Waals surface area contributed by atoms with Crippen molar-refractivity contribution in [1.82, 2.24) is 4.98 Å². The van der Waals surface area contributed by atoms with Crippen molar-refractivity contribution < 1.29 is 9.90 Å². The van der Waals surface area contributed by atoms with Crippen molar-refractivity contribution in [2.75, 3.05) is 5.32 Å². The predicted octanol–water partition coefficient (Wildman–Crippen LogP) is 4.48. The highest BCUT2D eigenvalue weighted by Crippen LogP contribution is 2.29. The van der Waals surface area contributed by atoms with E-state index < -0.39 is 5.97 Å². The largest absolute Gasteiger partial charge is 0.478 e. The number of carboxylic acids is 1. The molecule has 2 rings (SSSR count). The Morgan fingerprint density at radius 1 is 1.16 bits per heavy atom. The van der Waals surface area contributed by atoms with E-state index in [1.54, 1.807) is 18.2 Å². The van der Waals surface area contributed by atoms with Crippen molar-refractivity contribution in [2.45, 2.75) is 0 Å². The fourth-order valence-electron chi connectivity index (χ4n) is 1.42. The van der Waals surface area contributed by atoms with Gasteiger partial charge in [-0.2, -0.15) is 0 Å². The summed E-state index contributed by atoms with van der Waals surface area (Å²) in [5.74, 6) is -1.02. The number of carboxylic acid groups (broad SMARTS) is 1. The van der Waals surface area contributed by atoms with Gasteiger partial charge in [0.15, 0.2) is 0 Å². The lowest BCUT2D eigenvalue weighted by atomic mass is 10.2. The topological polar surface area (TPSA) is 62.2 Å². The van der Waals surface area contributed by atoms with Crippen LogP contribution in [0.1, 0.15) is 10.4 Å². The number of pyridine rings is 1. The van der Waals surface area contributed by atoms with E-state index in [0.29, 0.717) is 15.7 Å². The first-order chi connectivity index (χ1) is 8.97. The summed E-state index contributed by atoms with van der Waals surface area (Å²) in [5, 5.41) is 12.9. The molecular formula is C12H7Cl3N2O2. The van der Waals surface area contributed by atoms with Gasteiger partial charge in [0, 0.05) is 5.02 Å². The maximum atomic E-state index is 11.1. The number of aromatic carboxylic acids is 1. The van der Waals surface area contributed by atoms with E-state index in [-0.39, 0.29) is 16.5 Å². The second kappa shape index (κ2) is 5.65. The van der Waals surface area contributed by atoms with Crippen molar-refractivity contribution >= 4 is 52.3 Å². The third-order valence-corrected chi connectivity index (χ3v) is 3.05. The molecule has 0 radical (unpaired) electrons. The Labute approximate surface area is 123 Å². The van der Waals surface area contributed by atoms with E-state index in [1.165, 1.54) is 12.1 Å². The Hall–Kier alpha value is -1.49. The summed E-state index contributed by atoms with van der Waals surface area (Å²) < 4.78 is 0. The van der Waals surface area contributed by atoms with E-state index in [2.05, 4.69) is 10.3 Å². The van der Waals surface area contributed by atoms with E-state index in [9.17, 15) is 4.79 Å². The Morgan fingerprint density at radius 3 is 2.58 bits per heavy atom. The van der Waals surface area contributed by atoms with Crippen LogP contribution < -0.4 is 5.32 Å². The monoisotopic (exact) mass is 316 g/mol. The lowest BCUT2D eigenvalue weighted by Crippen LogP contribution is -2.05. The average molecular weight is 318 g/mol. The van der Waals surface area contributed by atoms with Gasteiger partial charge < -0.3 is 10.4 Å². The highest BCUT2D eigenvalue weighted by atomic mass is 35.5. The van der Waals surface area contributed by atoms with E-state index >= 15 is 0 Å². The molecule has 0 saturated heterocycles. The van der Waals surface area contributed by atoms with Crippen molar-refractivity contribution in [3.05, 3.63) is 51.1 Å². The quantitative estimate of drug-likeness (QED) is 0.819. The third-order valence-electron chi connectivity index (χ3n) is 2.27. The van der Waals surface area contributed by atoms with E-state index in [4.69, 9.17) is 39.9 Å². The first-order valence-electron chi connectivity index (χ1n) is 5.09. The molecule has 0 aliphatic rings. The number of aromatic nitrogens is 1. The number of carbonyl (C=O) groups is 1. The molecule has 0 unspecified atom stereocenters. The summed E-state index contributed by atoms with van der Waals surface area (Å²) in [6.45, 7) is 0. The van der Waals surface area contributed by atoms with Crippen LogP contribution in [-0.4, -0.2) is 16.1 Å². The number of rotatable bonds is 3. The number of nitrogens with zero attached hydrogens (tertiary/aromatic N) is 1. The number of anilines is 2. The van der Waals surface area contributed by atoms with Crippen LogP contribution in [-0.2, 0) is 0 Å². The van der Waals surface area contributed by atoms with Gasteiger partial charge in [-0.1, -0.05) is 34.8 Å². The lowest BCUT2D eigenvalue weighted by molar-refractivity contribution is 0.0697. The van der Waals surface area contributed by atoms with Gasteiger partial charge >= 0.3 is 5.97 Å². The zero-order valence-corrected chi connectivity index (χ0v) is 11.6. The molecule has 0 bridgehead atoms. The second-order valence-electron chi connectivity index (χ2n) is 3.58. The molecule has 1 aromatic heterocycles. The minimum atomic E-state index is -1.12. The van der Waals surface area contributed by atoms with Gasteiger partial charge in [-0.25, -0.2) is 9.78 Å². The lowest BCUT2D eigenvalue weighted by Gasteiger charge is -2.10. The van der Waals surface area contributed by atoms with Crippen LogP contribution >= 0.6 is 34.8 Å². The van der Waals surface area contributed by atoms with Gasteiger partial charge in [-0.3, -0.25) is 0 Å². The second-order valence-corrected chi connectivity index (χ2v) is 4.82. The van der Waals surface area contributed by atoms with Crippen molar-refractivity contribution in [1.29, 1.82) is 0 Å². The van der Waals surface area contributed by atoms with Gasteiger partial charge in [0.05, 0.1) is 10.7 Å². The summed E-state index contributed by atoms with van der Waals surface area (Å²) >= 11 is 17.6. The minimum Gasteiger partial charge on any atom is -0.478 e. The number of benzene rings is 1.